The largest absolute Gasteiger partial charge is 0.444 e. The maximum atomic E-state index is 12.4. The van der Waals surface area contributed by atoms with E-state index in [1.165, 1.54) is 0 Å². The van der Waals surface area contributed by atoms with Crippen LogP contribution in [0.1, 0.15) is 51.5 Å². The average Bonchev–Trinajstić information content (AvgIpc) is 2.95. The summed E-state index contributed by atoms with van der Waals surface area (Å²) in [5, 5.41) is 6.78. The highest BCUT2D eigenvalue weighted by Crippen LogP contribution is 2.15. The molecule has 2 rings (SSSR count). The fourth-order valence-electron chi connectivity index (χ4n) is 2.81. The third-order valence-electron chi connectivity index (χ3n) is 3.90. The molecule has 2 atom stereocenters. The van der Waals surface area contributed by atoms with Gasteiger partial charge in [0.1, 0.15) is 11.3 Å². The molecule has 0 radical (unpaired) electrons. The van der Waals surface area contributed by atoms with Gasteiger partial charge in [-0.1, -0.05) is 25.1 Å². The zero-order chi connectivity index (χ0) is 19.3. The van der Waals surface area contributed by atoms with Crippen LogP contribution in [0.5, 0.6) is 0 Å². The van der Waals surface area contributed by atoms with E-state index in [1.807, 2.05) is 65.0 Å². The van der Waals surface area contributed by atoms with Crippen molar-refractivity contribution in [2.24, 2.45) is 5.92 Å². The summed E-state index contributed by atoms with van der Waals surface area (Å²) in [6.45, 7) is 9.99. The second kappa shape index (κ2) is 8.25. The quantitative estimate of drug-likeness (QED) is 0.733. The molecule has 6 heteroatoms. The number of fused-ring (bicyclic) bond motifs is 1. The van der Waals surface area contributed by atoms with Gasteiger partial charge in [0.25, 0.3) is 5.91 Å². The van der Waals surface area contributed by atoms with Gasteiger partial charge in [0.15, 0.2) is 0 Å². The molecule has 26 heavy (non-hydrogen) atoms. The standard InChI is InChI=1S/C20H29N3O3/c1-13(12-21-19(25)26-20(3,4)5)10-14(2)22-18(24)17-11-15-8-6-7-9-16(15)23-17/h6-9,11,13-14,23H,10,12H2,1-5H3,(H,21,25)(H,22,24). The minimum atomic E-state index is -0.506. The van der Waals surface area contributed by atoms with Crippen molar-refractivity contribution in [2.45, 2.75) is 52.7 Å². The van der Waals surface area contributed by atoms with Gasteiger partial charge in [0, 0.05) is 23.5 Å². The van der Waals surface area contributed by atoms with E-state index in [0.29, 0.717) is 12.2 Å². The van der Waals surface area contributed by atoms with E-state index in [9.17, 15) is 9.59 Å². The van der Waals surface area contributed by atoms with Crippen LogP contribution in [0.4, 0.5) is 4.79 Å². The molecule has 6 nitrogen and oxygen atoms in total. The lowest BCUT2D eigenvalue weighted by Gasteiger charge is -2.22. The second-order valence-corrected chi connectivity index (χ2v) is 7.87. The van der Waals surface area contributed by atoms with E-state index < -0.39 is 11.7 Å². The van der Waals surface area contributed by atoms with Gasteiger partial charge >= 0.3 is 6.09 Å². The summed E-state index contributed by atoms with van der Waals surface area (Å²) in [4.78, 5) is 27.2. The number of nitrogens with one attached hydrogen (secondary N) is 3. The zero-order valence-electron chi connectivity index (χ0n) is 16.2. The first-order valence-corrected chi connectivity index (χ1v) is 8.99. The lowest BCUT2D eigenvalue weighted by Crippen LogP contribution is -2.38. The number of H-pyrrole nitrogens is 1. The molecule has 2 amide bonds. The molecule has 0 spiro atoms. The van der Waals surface area contributed by atoms with Crippen LogP contribution in [-0.4, -0.2) is 35.2 Å². The number of alkyl carbamates (subject to hydrolysis) is 1. The number of hydrogen-bond donors (Lipinski definition) is 3. The molecule has 0 saturated heterocycles. The summed E-state index contributed by atoms with van der Waals surface area (Å²) in [7, 11) is 0. The number of benzene rings is 1. The van der Waals surface area contributed by atoms with Gasteiger partial charge in [-0.25, -0.2) is 4.79 Å². The van der Waals surface area contributed by atoms with Gasteiger partial charge in [-0.2, -0.15) is 0 Å². The molecule has 0 saturated carbocycles. The van der Waals surface area contributed by atoms with E-state index in [1.54, 1.807) is 0 Å². The Kier molecular flexibility index (Phi) is 6.29. The van der Waals surface area contributed by atoms with Crippen LogP contribution in [0.3, 0.4) is 0 Å². The predicted octanol–water partition coefficient (Wildman–Crippen LogP) is 3.84. The molecule has 142 valence electrons. The smallest absolute Gasteiger partial charge is 0.407 e. The second-order valence-electron chi connectivity index (χ2n) is 7.87. The predicted molar refractivity (Wildman–Crippen MR) is 103 cm³/mol. The zero-order valence-corrected chi connectivity index (χ0v) is 16.2. The Morgan fingerprint density at radius 2 is 1.88 bits per heavy atom. The van der Waals surface area contributed by atoms with E-state index >= 15 is 0 Å². The molecule has 2 aromatic rings. The third kappa shape index (κ3) is 6.10. The van der Waals surface area contributed by atoms with Crippen LogP contribution in [0.25, 0.3) is 10.9 Å². The van der Waals surface area contributed by atoms with Crippen LogP contribution < -0.4 is 10.6 Å². The third-order valence-corrected chi connectivity index (χ3v) is 3.90. The molecule has 1 heterocycles. The van der Waals surface area contributed by atoms with Crippen LogP contribution >= 0.6 is 0 Å². The number of rotatable bonds is 6. The number of aromatic amines is 1. The number of aromatic nitrogens is 1. The Balaban J connectivity index is 1.79. The molecular formula is C20H29N3O3. The highest BCUT2D eigenvalue weighted by molar-refractivity contribution is 5.98. The van der Waals surface area contributed by atoms with Crippen molar-refractivity contribution in [3.8, 4) is 0 Å². The number of amides is 2. The first-order chi connectivity index (χ1) is 12.1. The van der Waals surface area contributed by atoms with Crippen LogP contribution in [0.15, 0.2) is 30.3 Å². The van der Waals surface area contributed by atoms with Crippen LogP contribution in [0, 0.1) is 5.92 Å². The highest BCUT2D eigenvalue weighted by Gasteiger charge is 2.18. The first kappa shape index (κ1) is 19.8. The maximum Gasteiger partial charge on any atom is 0.407 e. The van der Waals surface area contributed by atoms with Crippen molar-refractivity contribution >= 4 is 22.9 Å². The van der Waals surface area contributed by atoms with Gasteiger partial charge in [-0.05, 0) is 52.2 Å². The summed E-state index contributed by atoms with van der Waals surface area (Å²) in [5.74, 6) is 0.0848. The SMILES string of the molecule is CC(CNC(=O)OC(C)(C)C)CC(C)NC(=O)c1cc2ccccc2[nH]1. The molecule has 1 aromatic heterocycles. The minimum absolute atomic E-state index is 0.00986. The molecule has 3 N–H and O–H groups in total. The first-order valence-electron chi connectivity index (χ1n) is 8.99. The molecule has 0 fully saturated rings. The van der Waals surface area contributed by atoms with Crippen molar-refractivity contribution in [2.75, 3.05) is 6.54 Å². The Hall–Kier alpha value is -2.50. The monoisotopic (exact) mass is 359 g/mol. The van der Waals surface area contributed by atoms with Crippen molar-refractivity contribution < 1.29 is 14.3 Å². The lowest BCUT2D eigenvalue weighted by molar-refractivity contribution is 0.0518. The van der Waals surface area contributed by atoms with E-state index in [0.717, 1.165) is 17.3 Å². The lowest BCUT2D eigenvalue weighted by atomic mass is 10.0. The summed E-state index contributed by atoms with van der Waals surface area (Å²) < 4.78 is 5.22. The van der Waals surface area contributed by atoms with Gasteiger partial charge in [-0.3, -0.25) is 4.79 Å². The molecule has 0 bridgehead atoms. The van der Waals surface area contributed by atoms with Gasteiger partial charge in [0.05, 0.1) is 0 Å². The fourth-order valence-corrected chi connectivity index (χ4v) is 2.81. The summed E-state index contributed by atoms with van der Waals surface area (Å²) in [5.41, 5.74) is 0.992. The van der Waals surface area contributed by atoms with Gasteiger partial charge in [0.2, 0.25) is 0 Å². The van der Waals surface area contributed by atoms with Gasteiger partial charge in [-0.15, -0.1) is 0 Å². The van der Waals surface area contributed by atoms with E-state index in [4.69, 9.17) is 4.74 Å². The maximum absolute atomic E-state index is 12.4. The van der Waals surface area contributed by atoms with Crippen LogP contribution in [0.2, 0.25) is 0 Å². The Morgan fingerprint density at radius 3 is 2.54 bits per heavy atom. The van der Waals surface area contributed by atoms with Crippen molar-refractivity contribution in [3.63, 3.8) is 0 Å². The molecule has 1 aromatic carbocycles. The fraction of sp³-hybridized carbons (Fsp3) is 0.500. The Bertz CT molecular complexity index is 728. The number of carbonyl (C=O) groups excluding carboxylic acids is 2. The normalized spacial score (nSPS) is 13.9. The van der Waals surface area contributed by atoms with Crippen molar-refractivity contribution in [1.82, 2.24) is 15.6 Å². The minimum Gasteiger partial charge on any atom is -0.444 e. The van der Waals surface area contributed by atoms with Crippen molar-refractivity contribution in [3.05, 3.63) is 36.0 Å². The molecule has 0 aliphatic heterocycles. The molecule has 0 aliphatic rings. The van der Waals surface area contributed by atoms with E-state index in [-0.39, 0.29) is 17.9 Å². The summed E-state index contributed by atoms with van der Waals surface area (Å²) in [6.07, 6.45) is 0.334. The molecule has 2 unspecified atom stereocenters. The Morgan fingerprint density at radius 1 is 1.19 bits per heavy atom. The number of hydrogen-bond acceptors (Lipinski definition) is 3. The Labute approximate surface area is 154 Å². The molecule has 0 aliphatic carbocycles. The number of para-hydroxylation sites is 1. The number of ether oxygens (including phenoxy) is 1. The number of carbonyl (C=O) groups is 2. The van der Waals surface area contributed by atoms with E-state index in [2.05, 4.69) is 15.6 Å². The highest BCUT2D eigenvalue weighted by atomic mass is 16.6. The van der Waals surface area contributed by atoms with Crippen molar-refractivity contribution in [1.29, 1.82) is 0 Å². The molecular weight excluding hydrogens is 330 g/mol. The topological polar surface area (TPSA) is 83.2 Å². The van der Waals surface area contributed by atoms with Crippen LogP contribution in [-0.2, 0) is 4.74 Å². The average molecular weight is 359 g/mol. The van der Waals surface area contributed by atoms with Gasteiger partial charge < -0.3 is 20.4 Å². The summed E-state index contributed by atoms with van der Waals surface area (Å²) in [6, 6.07) is 9.63. The summed E-state index contributed by atoms with van der Waals surface area (Å²) >= 11 is 0.